The van der Waals surface area contributed by atoms with Crippen molar-refractivity contribution in [2.24, 2.45) is 0 Å². The lowest BCUT2D eigenvalue weighted by Gasteiger charge is -2.31. The van der Waals surface area contributed by atoms with Crippen molar-refractivity contribution in [2.45, 2.75) is 18.8 Å². The summed E-state index contributed by atoms with van der Waals surface area (Å²) in [5.41, 5.74) is 1.18. The van der Waals surface area contributed by atoms with Gasteiger partial charge in [-0.25, -0.2) is 4.39 Å². The summed E-state index contributed by atoms with van der Waals surface area (Å²) in [4.78, 5) is 19.3. The van der Waals surface area contributed by atoms with Gasteiger partial charge in [0.25, 0.3) is 5.91 Å². The zero-order valence-corrected chi connectivity index (χ0v) is 16.8. The fourth-order valence-corrected chi connectivity index (χ4v) is 3.59. The van der Waals surface area contributed by atoms with Gasteiger partial charge in [0.15, 0.2) is 0 Å². The molecule has 0 spiro atoms. The lowest BCUT2D eigenvalue weighted by molar-refractivity contribution is 0.0695. The van der Waals surface area contributed by atoms with Crippen molar-refractivity contribution >= 4 is 5.91 Å². The molecule has 0 N–H and O–H groups in total. The SMILES string of the molecule is COc1cc(OC)cc(C(=O)N2CCC[C@@H](c3nc(-c4ccc(F)cc4)no3)C2)c1. The highest BCUT2D eigenvalue weighted by molar-refractivity contribution is 5.95. The van der Waals surface area contributed by atoms with Gasteiger partial charge >= 0.3 is 0 Å². The molecule has 1 aromatic heterocycles. The van der Waals surface area contributed by atoms with Crippen molar-refractivity contribution < 1.29 is 23.2 Å². The molecule has 4 rings (SSSR count). The molecule has 1 saturated heterocycles. The van der Waals surface area contributed by atoms with E-state index in [0.29, 0.717) is 47.4 Å². The van der Waals surface area contributed by atoms with Crippen molar-refractivity contribution in [2.75, 3.05) is 27.3 Å². The molecule has 0 bridgehead atoms. The Kier molecular flexibility index (Phi) is 5.65. The summed E-state index contributed by atoms with van der Waals surface area (Å²) in [6, 6.07) is 11.1. The quantitative estimate of drug-likeness (QED) is 0.633. The molecular formula is C22H22FN3O4. The first-order chi connectivity index (χ1) is 14.6. The van der Waals surface area contributed by atoms with Crippen molar-refractivity contribution in [3.05, 3.63) is 59.7 Å². The second kappa shape index (κ2) is 8.52. The molecule has 1 fully saturated rings. The molecule has 2 heterocycles. The molecule has 156 valence electrons. The molecule has 0 saturated carbocycles. The summed E-state index contributed by atoms with van der Waals surface area (Å²) in [5.74, 6) is 1.53. The summed E-state index contributed by atoms with van der Waals surface area (Å²) >= 11 is 0. The van der Waals surface area contributed by atoms with E-state index in [9.17, 15) is 9.18 Å². The van der Waals surface area contributed by atoms with Crippen molar-refractivity contribution in [3.8, 4) is 22.9 Å². The molecule has 7 nitrogen and oxygen atoms in total. The predicted molar refractivity (Wildman–Crippen MR) is 107 cm³/mol. The fraction of sp³-hybridized carbons (Fsp3) is 0.318. The van der Waals surface area contributed by atoms with Gasteiger partial charge in [0.05, 0.1) is 20.1 Å². The van der Waals surface area contributed by atoms with Crippen LogP contribution in [0.3, 0.4) is 0 Å². The van der Waals surface area contributed by atoms with Gasteiger partial charge in [0.1, 0.15) is 17.3 Å². The lowest BCUT2D eigenvalue weighted by Crippen LogP contribution is -2.39. The Morgan fingerprint density at radius 1 is 1.13 bits per heavy atom. The van der Waals surface area contributed by atoms with Crippen LogP contribution < -0.4 is 9.47 Å². The molecular weight excluding hydrogens is 389 g/mol. The highest BCUT2D eigenvalue weighted by Gasteiger charge is 2.29. The normalized spacial score (nSPS) is 16.4. The number of amides is 1. The highest BCUT2D eigenvalue weighted by Crippen LogP contribution is 2.30. The number of halogens is 1. The molecule has 0 radical (unpaired) electrons. The van der Waals surface area contributed by atoms with E-state index in [4.69, 9.17) is 14.0 Å². The minimum Gasteiger partial charge on any atom is -0.497 e. The van der Waals surface area contributed by atoms with Crippen LogP contribution in [0.4, 0.5) is 4.39 Å². The molecule has 2 aromatic carbocycles. The number of nitrogens with zero attached hydrogens (tertiary/aromatic N) is 3. The van der Waals surface area contributed by atoms with Crippen LogP contribution in [0.25, 0.3) is 11.4 Å². The van der Waals surface area contributed by atoms with E-state index in [1.165, 1.54) is 12.1 Å². The Balaban J connectivity index is 1.51. The molecule has 30 heavy (non-hydrogen) atoms. The molecule has 3 aromatic rings. The number of carbonyl (C=O) groups is 1. The van der Waals surface area contributed by atoms with Crippen LogP contribution in [0.5, 0.6) is 11.5 Å². The van der Waals surface area contributed by atoms with Crippen LogP contribution >= 0.6 is 0 Å². The number of hydrogen-bond donors (Lipinski definition) is 0. The van der Waals surface area contributed by atoms with E-state index in [0.717, 1.165) is 12.8 Å². The average Bonchev–Trinajstić information content (AvgIpc) is 3.29. The van der Waals surface area contributed by atoms with Gasteiger partial charge in [0, 0.05) is 30.3 Å². The minimum atomic E-state index is -0.321. The first-order valence-corrected chi connectivity index (χ1v) is 9.69. The van der Waals surface area contributed by atoms with Crippen molar-refractivity contribution in [3.63, 3.8) is 0 Å². The molecule has 0 unspecified atom stereocenters. The first kappa shape index (κ1) is 19.9. The standard InChI is InChI=1S/C22H22FN3O4/c1-28-18-10-16(11-19(12-18)29-2)22(27)26-9-3-4-15(13-26)21-24-20(25-30-21)14-5-7-17(23)8-6-14/h5-8,10-12,15H,3-4,9,13H2,1-2H3/t15-/m1/s1. The van der Waals surface area contributed by atoms with E-state index < -0.39 is 0 Å². The van der Waals surface area contributed by atoms with Gasteiger partial charge in [-0.3, -0.25) is 4.79 Å². The van der Waals surface area contributed by atoms with E-state index in [-0.39, 0.29) is 17.6 Å². The second-order valence-corrected chi connectivity index (χ2v) is 7.15. The lowest BCUT2D eigenvalue weighted by atomic mass is 9.97. The number of methoxy groups -OCH3 is 2. The molecule has 1 aliphatic rings. The van der Waals surface area contributed by atoms with Gasteiger partial charge in [-0.05, 0) is 49.2 Å². The predicted octanol–water partition coefficient (Wildman–Crippen LogP) is 3.91. The molecule has 1 atom stereocenters. The van der Waals surface area contributed by atoms with E-state index in [2.05, 4.69) is 10.1 Å². The Labute approximate surface area is 173 Å². The molecule has 1 aliphatic heterocycles. The number of rotatable bonds is 5. The summed E-state index contributed by atoms with van der Waals surface area (Å²) in [7, 11) is 3.10. The summed E-state index contributed by atoms with van der Waals surface area (Å²) in [6.45, 7) is 1.12. The summed E-state index contributed by atoms with van der Waals surface area (Å²) in [6.07, 6.45) is 1.67. The van der Waals surface area contributed by atoms with E-state index in [1.807, 2.05) is 0 Å². The zero-order valence-electron chi connectivity index (χ0n) is 16.8. The van der Waals surface area contributed by atoms with Gasteiger partial charge < -0.3 is 18.9 Å². The Morgan fingerprint density at radius 2 is 1.83 bits per heavy atom. The highest BCUT2D eigenvalue weighted by atomic mass is 19.1. The van der Waals surface area contributed by atoms with Crippen molar-refractivity contribution in [1.82, 2.24) is 15.0 Å². The van der Waals surface area contributed by atoms with Gasteiger partial charge in [-0.15, -0.1) is 0 Å². The average molecular weight is 411 g/mol. The first-order valence-electron chi connectivity index (χ1n) is 9.69. The maximum absolute atomic E-state index is 13.1. The monoisotopic (exact) mass is 411 g/mol. The van der Waals surface area contributed by atoms with Crippen LogP contribution in [-0.2, 0) is 0 Å². The third-order valence-electron chi connectivity index (χ3n) is 5.20. The number of piperidine rings is 1. The maximum atomic E-state index is 13.1. The van der Waals surface area contributed by atoms with Crippen LogP contribution in [0.1, 0.15) is 35.0 Å². The van der Waals surface area contributed by atoms with Crippen LogP contribution in [-0.4, -0.2) is 48.3 Å². The Morgan fingerprint density at radius 3 is 2.50 bits per heavy atom. The van der Waals surface area contributed by atoms with E-state index >= 15 is 0 Å². The minimum absolute atomic E-state index is 0.0584. The fourth-order valence-electron chi connectivity index (χ4n) is 3.59. The summed E-state index contributed by atoms with van der Waals surface area (Å²) in [5, 5.41) is 4.02. The van der Waals surface area contributed by atoms with Crippen LogP contribution in [0.15, 0.2) is 47.0 Å². The topological polar surface area (TPSA) is 77.7 Å². The Bertz CT molecular complexity index is 1010. The largest absolute Gasteiger partial charge is 0.497 e. The number of benzene rings is 2. The van der Waals surface area contributed by atoms with Crippen LogP contribution in [0.2, 0.25) is 0 Å². The van der Waals surface area contributed by atoms with Crippen molar-refractivity contribution in [1.29, 1.82) is 0 Å². The maximum Gasteiger partial charge on any atom is 0.254 e. The third kappa shape index (κ3) is 4.12. The number of carbonyl (C=O) groups excluding carboxylic acids is 1. The van der Waals surface area contributed by atoms with Crippen LogP contribution in [0, 0.1) is 5.82 Å². The molecule has 0 aliphatic carbocycles. The number of likely N-dealkylation sites (tertiary alicyclic amines) is 1. The van der Waals surface area contributed by atoms with Gasteiger partial charge in [0.2, 0.25) is 11.7 Å². The van der Waals surface area contributed by atoms with Gasteiger partial charge in [-0.1, -0.05) is 5.16 Å². The third-order valence-corrected chi connectivity index (χ3v) is 5.20. The Hall–Kier alpha value is -3.42. The second-order valence-electron chi connectivity index (χ2n) is 7.15. The number of hydrogen-bond acceptors (Lipinski definition) is 6. The smallest absolute Gasteiger partial charge is 0.254 e. The number of ether oxygens (including phenoxy) is 2. The molecule has 1 amide bonds. The van der Waals surface area contributed by atoms with Gasteiger partial charge in [-0.2, -0.15) is 4.98 Å². The number of aromatic nitrogens is 2. The zero-order chi connectivity index (χ0) is 21.1. The summed E-state index contributed by atoms with van der Waals surface area (Å²) < 4.78 is 29.1. The molecule has 8 heteroatoms. The van der Waals surface area contributed by atoms with E-state index in [1.54, 1.807) is 49.5 Å².